The van der Waals surface area contributed by atoms with Crippen LogP contribution in [0.3, 0.4) is 0 Å². The van der Waals surface area contributed by atoms with Gasteiger partial charge < -0.3 is 10.2 Å². The highest BCUT2D eigenvalue weighted by atomic mass is 16.2. The van der Waals surface area contributed by atoms with Gasteiger partial charge in [0.15, 0.2) is 0 Å². The fourth-order valence-electron chi connectivity index (χ4n) is 4.35. The lowest BCUT2D eigenvalue weighted by atomic mass is 9.78. The van der Waals surface area contributed by atoms with Crippen molar-refractivity contribution in [1.82, 2.24) is 20.4 Å². The molecule has 31 heavy (non-hydrogen) atoms. The molecule has 0 saturated carbocycles. The van der Waals surface area contributed by atoms with Gasteiger partial charge in [0.25, 0.3) is 5.91 Å². The van der Waals surface area contributed by atoms with Crippen molar-refractivity contribution in [2.45, 2.75) is 32.7 Å². The van der Waals surface area contributed by atoms with Crippen LogP contribution < -0.4 is 5.32 Å². The maximum absolute atomic E-state index is 13.4. The minimum Gasteiger partial charge on any atom is -0.353 e. The molecular weight excluding hydrogens is 388 g/mol. The predicted molar refractivity (Wildman–Crippen MR) is 120 cm³/mol. The molecule has 1 saturated heterocycles. The Bertz CT molecular complexity index is 1050. The first-order valence-corrected chi connectivity index (χ1v) is 10.7. The van der Waals surface area contributed by atoms with Crippen molar-refractivity contribution in [3.63, 3.8) is 0 Å². The van der Waals surface area contributed by atoms with Gasteiger partial charge in [0.1, 0.15) is 5.69 Å². The molecule has 1 fully saturated rings. The third kappa shape index (κ3) is 4.38. The number of nitrogens with zero attached hydrogens (tertiary/aromatic N) is 2. The molecular formula is C25H28N4O2. The summed E-state index contributed by atoms with van der Waals surface area (Å²) in [5, 5.41) is 9.73. The van der Waals surface area contributed by atoms with Crippen LogP contribution in [0.2, 0.25) is 0 Å². The second-order valence-electron chi connectivity index (χ2n) is 8.56. The van der Waals surface area contributed by atoms with E-state index in [0.29, 0.717) is 31.6 Å². The number of carbonyl (C=O) groups excluding carboxylic acids is 2. The Kier molecular flexibility index (Phi) is 5.89. The van der Waals surface area contributed by atoms with Gasteiger partial charge in [0, 0.05) is 25.3 Å². The van der Waals surface area contributed by atoms with Gasteiger partial charge in [0.05, 0.1) is 5.41 Å². The molecule has 1 aromatic heterocycles. The molecule has 0 bridgehead atoms. The highest BCUT2D eigenvalue weighted by Gasteiger charge is 2.46. The zero-order valence-electron chi connectivity index (χ0n) is 18.0. The van der Waals surface area contributed by atoms with Crippen LogP contribution in [0, 0.1) is 5.41 Å². The topological polar surface area (TPSA) is 78.1 Å². The van der Waals surface area contributed by atoms with Crippen molar-refractivity contribution in [1.29, 1.82) is 0 Å². The molecule has 1 aliphatic rings. The van der Waals surface area contributed by atoms with Crippen molar-refractivity contribution in [3.8, 4) is 11.1 Å². The lowest BCUT2D eigenvalue weighted by Gasteiger charge is -2.30. The molecule has 2 N–H and O–H groups in total. The predicted octanol–water partition coefficient (Wildman–Crippen LogP) is 3.68. The van der Waals surface area contributed by atoms with E-state index in [0.717, 1.165) is 16.7 Å². The van der Waals surface area contributed by atoms with Crippen LogP contribution in [0.25, 0.3) is 11.1 Å². The summed E-state index contributed by atoms with van der Waals surface area (Å²) in [6.45, 7) is 4.85. The van der Waals surface area contributed by atoms with Crippen LogP contribution in [-0.4, -0.2) is 46.0 Å². The van der Waals surface area contributed by atoms with E-state index in [9.17, 15) is 9.59 Å². The van der Waals surface area contributed by atoms with Crippen molar-refractivity contribution in [2.24, 2.45) is 5.41 Å². The minimum absolute atomic E-state index is 0.00488. The summed E-state index contributed by atoms with van der Waals surface area (Å²) in [6, 6.07) is 20.1. The van der Waals surface area contributed by atoms with Crippen LogP contribution in [0.5, 0.6) is 0 Å². The van der Waals surface area contributed by atoms with Crippen LogP contribution in [0.1, 0.15) is 36.3 Å². The third-order valence-corrected chi connectivity index (χ3v) is 5.90. The van der Waals surface area contributed by atoms with Crippen LogP contribution >= 0.6 is 0 Å². The summed E-state index contributed by atoms with van der Waals surface area (Å²) in [6.07, 6.45) is 2.76. The van der Waals surface area contributed by atoms with Gasteiger partial charge in [-0.05, 0) is 49.4 Å². The number of rotatable bonds is 6. The van der Waals surface area contributed by atoms with E-state index in [1.54, 1.807) is 17.2 Å². The fourth-order valence-corrected chi connectivity index (χ4v) is 4.35. The third-order valence-electron chi connectivity index (χ3n) is 5.90. The fraction of sp³-hybridized carbons (Fsp3) is 0.320. The van der Waals surface area contributed by atoms with Gasteiger partial charge in [-0.2, -0.15) is 5.10 Å². The average Bonchev–Trinajstić information content (AvgIpc) is 3.45. The average molecular weight is 417 g/mol. The van der Waals surface area contributed by atoms with Crippen LogP contribution in [0.15, 0.2) is 66.9 Å². The van der Waals surface area contributed by atoms with Crippen LogP contribution in [-0.2, 0) is 11.2 Å². The Hall–Kier alpha value is -3.41. The van der Waals surface area contributed by atoms with E-state index in [1.807, 2.05) is 44.2 Å². The van der Waals surface area contributed by atoms with E-state index in [2.05, 4.69) is 39.8 Å². The highest BCUT2D eigenvalue weighted by Crippen LogP contribution is 2.38. The molecule has 3 aromatic rings. The van der Waals surface area contributed by atoms with E-state index in [4.69, 9.17) is 0 Å². The second kappa shape index (κ2) is 8.76. The molecule has 1 aliphatic heterocycles. The zero-order valence-corrected chi connectivity index (χ0v) is 18.0. The Morgan fingerprint density at radius 3 is 2.55 bits per heavy atom. The van der Waals surface area contributed by atoms with Gasteiger partial charge in [-0.1, -0.05) is 54.6 Å². The number of aromatic nitrogens is 2. The molecule has 2 amide bonds. The van der Waals surface area contributed by atoms with Crippen molar-refractivity contribution < 1.29 is 9.59 Å². The summed E-state index contributed by atoms with van der Waals surface area (Å²) in [4.78, 5) is 28.1. The molecule has 2 heterocycles. The van der Waals surface area contributed by atoms with E-state index in [1.165, 1.54) is 0 Å². The smallest absolute Gasteiger partial charge is 0.271 e. The molecule has 6 nitrogen and oxygen atoms in total. The summed E-state index contributed by atoms with van der Waals surface area (Å²) >= 11 is 0. The van der Waals surface area contributed by atoms with Crippen LogP contribution in [0.4, 0.5) is 0 Å². The number of nitrogens with one attached hydrogen (secondary N) is 2. The quantitative estimate of drug-likeness (QED) is 0.644. The SMILES string of the molecule is CC(C)NC(=O)[C@@]1(Cc2ccccc2-c2ccccc2)CCN(C(=O)c2ccn[nH]2)C1. The van der Waals surface area contributed by atoms with Crippen molar-refractivity contribution >= 4 is 11.8 Å². The lowest BCUT2D eigenvalue weighted by Crippen LogP contribution is -2.47. The zero-order chi connectivity index (χ0) is 21.8. The first kappa shape index (κ1) is 20.8. The number of likely N-dealkylation sites (tertiary alicyclic amines) is 1. The van der Waals surface area contributed by atoms with E-state index >= 15 is 0 Å². The molecule has 0 spiro atoms. The summed E-state index contributed by atoms with van der Waals surface area (Å²) in [7, 11) is 0. The minimum atomic E-state index is -0.676. The first-order valence-electron chi connectivity index (χ1n) is 10.7. The monoisotopic (exact) mass is 416 g/mol. The Morgan fingerprint density at radius 2 is 1.84 bits per heavy atom. The van der Waals surface area contributed by atoms with Gasteiger partial charge in [0.2, 0.25) is 5.91 Å². The van der Waals surface area contributed by atoms with Gasteiger partial charge in [-0.3, -0.25) is 14.7 Å². The van der Waals surface area contributed by atoms with E-state index < -0.39 is 5.41 Å². The number of carbonyl (C=O) groups is 2. The summed E-state index contributed by atoms with van der Waals surface area (Å²) in [5.41, 5.74) is 3.14. The molecule has 6 heteroatoms. The second-order valence-corrected chi connectivity index (χ2v) is 8.56. The van der Waals surface area contributed by atoms with Crippen molar-refractivity contribution in [3.05, 3.63) is 78.1 Å². The highest BCUT2D eigenvalue weighted by molar-refractivity contribution is 5.94. The number of hydrogen-bond acceptors (Lipinski definition) is 3. The number of benzene rings is 2. The van der Waals surface area contributed by atoms with E-state index in [-0.39, 0.29) is 17.9 Å². The first-order chi connectivity index (χ1) is 15.0. The van der Waals surface area contributed by atoms with Gasteiger partial charge >= 0.3 is 0 Å². The molecule has 1 atom stereocenters. The summed E-state index contributed by atoms with van der Waals surface area (Å²) in [5.74, 6) is -0.113. The maximum atomic E-state index is 13.4. The normalized spacial score (nSPS) is 18.4. The Balaban J connectivity index is 1.66. The number of hydrogen-bond donors (Lipinski definition) is 2. The number of aromatic amines is 1. The van der Waals surface area contributed by atoms with Gasteiger partial charge in [-0.15, -0.1) is 0 Å². The molecule has 4 rings (SSSR count). The Labute approximate surface area is 182 Å². The summed E-state index contributed by atoms with van der Waals surface area (Å²) < 4.78 is 0. The van der Waals surface area contributed by atoms with Crippen molar-refractivity contribution in [2.75, 3.05) is 13.1 Å². The number of amides is 2. The largest absolute Gasteiger partial charge is 0.353 e. The number of H-pyrrole nitrogens is 1. The Morgan fingerprint density at radius 1 is 1.10 bits per heavy atom. The molecule has 2 aromatic carbocycles. The molecule has 0 aliphatic carbocycles. The maximum Gasteiger partial charge on any atom is 0.271 e. The lowest BCUT2D eigenvalue weighted by molar-refractivity contribution is -0.130. The molecule has 0 unspecified atom stereocenters. The molecule has 0 radical (unpaired) electrons. The molecule has 160 valence electrons. The standard InChI is InChI=1S/C25H28N4O2/c1-18(2)27-24(31)25(13-15-29(17-25)23(30)22-12-14-26-28-22)16-20-10-6-7-11-21(20)19-8-4-3-5-9-19/h3-12,14,18H,13,15-17H2,1-2H3,(H,26,28)(H,27,31)/t25-/m1/s1. The van der Waals surface area contributed by atoms with Gasteiger partial charge in [-0.25, -0.2) is 0 Å².